The van der Waals surface area contributed by atoms with Gasteiger partial charge in [0, 0.05) is 6.21 Å². The van der Waals surface area contributed by atoms with E-state index in [-0.39, 0.29) is 0 Å². The molecular weight excluding hydrogens is 188 g/mol. The van der Waals surface area contributed by atoms with Crippen molar-refractivity contribution in [2.24, 2.45) is 10.7 Å². The summed E-state index contributed by atoms with van der Waals surface area (Å²) < 4.78 is 5.11. The van der Waals surface area contributed by atoms with Crippen LogP contribution in [-0.2, 0) is 0 Å². The molecule has 0 atom stereocenters. The topological polar surface area (TPSA) is 47.6 Å². The smallest absolute Gasteiger partial charge is 0.144 e. The summed E-state index contributed by atoms with van der Waals surface area (Å²) in [5.41, 5.74) is 5.95. The van der Waals surface area contributed by atoms with Gasteiger partial charge in [-0.05, 0) is 24.4 Å². The number of hydrogen-bond donors (Lipinski definition) is 1. The zero-order chi connectivity index (χ0) is 11.5. The lowest BCUT2D eigenvalue weighted by Gasteiger charge is -2.01. The second-order valence-corrected chi connectivity index (χ2v) is 2.33. The predicted octanol–water partition coefficient (Wildman–Crippen LogP) is 2.90. The first-order valence-electron chi connectivity index (χ1n) is 4.92. The molecule has 15 heavy (non-hydrogen) atoms. The summed E-state index contributed by atoms with van der Waals surface area (Å²) >= 11 is 0. The zero-order valence-electron chi connectivity index (χ0n) is 9.47. The summed E-state index contributed by atoms with van der Waals surface area (Å²) in [4.78, 5) is 4.15. The van der Waals surface area contributed by atoms with E-state index < -0.39 is 0 Å². The fourth-order valence-electron chi connectivity index (χ4n) is 0.909. The number of aliphatic imine (C=N–C) groups is 1. The van der Waals surface area contributed by atoms with Gasteiger partial charge in [-0.15, -0.1) is 0 Å². The molecule has 2 N–H and O–H groups in total. The summed E-state index contributed by atoms with van der Waals surface area (Å²) in [5.74, 6) is 0.754. The molecule has 0 unspecified atom stereocenters. The number of ether oxygens (including phenoxy) is 1. The highest BCUT2D eigenvalue weighted by Gasteiger charge is 1.95. The van der Waals surface area contributed by atoms with Gasteiger partial charge in [0.05, 0.1) is 7.11 Å². The molecule has 1 aromatic carbocycles. The lowest BCUT2D eigenvalue weighted by Crippen LogP contribution is -1.82. The van der Waals surface area contributed by atoms with E-state index >= 15 is 0 Å². The van der Waals surface area contributed by atoms with Gasteiger partial charge in [0.1, 0.15) is 11.4 Å². The minimum absolute atomic E-state index is 0.754. The molecule has 0 heterocycles. The highest BCUT2D eigenvalue weighted by atomic mass is 16.5. The number of methoxy groups -OCH3 is 1. The number of benzene rings is 1. The molecular formula is C12H18N2O. The molecule has 0 bridgehead atoms. The third-order valence-electron chi connectivity index (χ3n) is 1.50. The Kier molecular flexibility index (Phi) is 7.77. The van der Waals surface area contributed by atoms with Crippen LogP contribution in [0.1, 0.15) is 13.8 Å². The van der Waals surface area contributed by atoms with E-state index in [0.29, 0.717) is 0 Å². The van der Waals surface area contributed by atoms with E-state index in [4.69, 9.17) is 10.5 Å². The van der Waals surface area contributed by atoms with Crippen LogP contribution in [-0.4, -0.2) is 13.3 Å². The Balaban J connectivity index is 0.000000921. The largest absolute Gasteiger partial charge is 0.494 e. The van der Waals surface area contributed by atoms with Gasteiger partial charge in [0.25, 0.3) is 0 Å². The second kappa shape index (κ2) is 8.81. The summed E-state index contributed by atoms with van der Waals surface area (Å²) in [6.45, 7) is 4.00. The normalized spacial score (nSPS) is 10.1. The van der Waals surface area contributed by atoms with E-state index in [1.165, 1.54) is 6.20 Å². The molecule has 3 heteroatoms. The average molecular weight is 206 g/mol. The Hall–Kier alpha value is -1.77. The van der Waals surface area contributed by atoms with E-state index in [9.17, 15) is 0 Å². The summed E-state index contributed by atoms with van der Waals surface area (Å²) in [7, 11) is 1.62. The molecule has 1 aromatic rings. The van der Waals surface area contributed by atoms with Crippen molar-refractivity contribution in [2.75, 3.05) is 7.11 Å². The van der Waals surface area contributed by atoms with Crippen LogP contribution >= 0.6 is 0 Å². The number of para-hydroxylation sites is 2. The minimum Gasteiger partial charge on any atom is -0.494 e. The maximum absolute atomic E-state index is 5.16. The zero-order valence-corrected chi connectivity index (χ0v) is 9.47. The molecule has 0 saturated heterocycles. The minimum atomic E-state index is 0.754. The van der Waals surface area contributed by atoms with Gasteiger partial charge in [-0.2, -0.15) is 0 Å². The van der Waals surface area contributed by atoms with Crippen LogP contribution < -0.4 is 10.5 Å². The third kappa shape index (κ3) is 4.86. The van der Waals surface area contributed by atoms with Gasteiger partial charge in [0.15, 0.2) is 0 Å². The quantitative estimate of drug-likeness (QED) is 0.773. The van der Waals surface area contributed by atoms with Crippen molar-refractivity contribution in [1.82, 2.24) is 0 Å². The Bertz CT molecular complexity index is 319. The third-order valence-corrected chi connectivity index (χ3v) is 1.50. The maximum atomic E-state index is 5.16. The van der Waals surface area contributed by atoms with E-state index in [2.05, 4.69) is 4.99 Å². The van der Waals surface area contributed by atoms with Gasteiger partial charge in [-0.3, -0.25) is 4.99 Å². The highest BCUT2D eigenvalue weighted by Crippen LogP contribution is 2.25. The summed E-state index contributed by atoms with van der Waals surface area (Å²) in [5, 5.41) is 0. The number of nitrogens with two attached hydrogens (primary N) is 1. The standard InChI is InChI=1S/C10H12N2O.C2H6/c1-13-10-6-3-2-5-9(10)12-8-4-7-11;1-2/h2-8H,11H2,1H3;1-2H3/b7-4-,12-8?;. The number of allylic oxidation sites excluding steroid dienone is 1. The molecule has 0 spiro atoms. The Labute approximate surface area is 91.3 Å². The maximum Gasteiger partial charge on any atom is 0.144 e. The van der Waals surface area contributed by atoms with Crippen molar-refractivity contribution in [3.8, 4) is 5.75 Å². The van der Waals surface area contributed by atoms with Crippen LogP contribution in [0.25, 0.3) is 0 Å². The molecule has 0 radical (unpaired) electrons. The van der Waals surface area contributed by atoms with Crippen LogP contribution in [0.4, 0.5) is 5.69 Å². The fourth-order valence-corrected chi connectivity index (χ4v) is 0.909. The first kappa shape index (κ1) is 13.2. The average Bonchev–Trinajstić information content (AvgIpc) is 2.33. The molecule has 0 amide bonds. The van der Waals surface area contributed by atoms with Crippen molar-refractivity contribution in [3.63, 3.8) is 0 Å². The fraction of sp³-hybridized carbons (Fsp3) is 0.250. The molecule has 0 fully saturated rings. The van der Waals surface area contributed by atoms with Gasteiger partial charge in [-0.25, -0.2) is 0 Å². The van der Waals surface area contributed by atoms with Crippen molar-refractivity contribution >= 4 is 11.9 Å². The molecule has 0 aromatic heterocycles. The molecule has 0 saturated carbocycles. The molecule has 0 aliphatic rings. The van der Waals surface area contributed by atoms with Crippen LogP contribution in [0.3, 0.4) is 0 Å². The van der Waals surface area contributed by atoms with E-state index in [1.807, 2.05) is 38.1 Å². The van der Waals surface area contributed by atoms with Gasteiger partial charge >= 0.3 is 0 Å². The molecule has 1 rings (SSSR count). The van der Waals surface area contributed by atoms with Crippen molar-refractivity contribution in [1.29, 1.82) is 0 Å². The van der Waals surface area contributed by atoms with Crippen LogP contribution in [0.2, 0.25) is 0 Å². The predicted molar refractivity (Wildman–Crippen MR) is 65.8 cm³/mol. The lowest BCUT2D eigenvalue weighted by atomic mass is 10.3. The van der Waals surface area contributed by atoms with Gasteiger partial charge in [-0.1, -0.05) is 26.0 Å². The summed E-state index contributed by atoms with van der Waals surface area (Å²) in [6.07, 6.45) is 4.71. The monoisotopic (exact) mass is 206 g/mol. The Morgan fingerprint density at radius 1 is 1.27 bits per heavy atom. The van der Waals surface area contributed by atoms with Gasteiger partial charge in [0.2, 0.25) is 0 Å². The van der Waals surface area contributed by atoms with Crippen molar-refractivity contribution in [3.05, 3.63) is 36.5 Å². The van der Waals surface area contributed by atoms with Crippen molar-refractivity contribution < 1.29 is 4.74 Å². The summed E-state index contributed by atoms with van der Waals surface area (Å²) in [6, 6.07) is 7.54. The Morgan fingerprint density at radius 2 is 1.93 bits per heavy atom. The number of hydrogen-bond acceptors (Lipinski definition) is 3. The number of nitrogens with zero attached hydrogens (tertiary/aromatic N) is 1. The molecule has 0 aliphatic heterocycles. The first-order valence-corrected chi connectivity index (χ1v) is 4.92. The highest BCUT2D eigenvalue weighted by molar-refractivity contribution is 5.75. The molecule has 3 nitrogen and oxygen atoms in total. The first-order chi connectivity index (χ1) is 7.38. The van der Waals surface area contributed by atoms with Crippen molar-refractivity contribution in [2.45, 2.75) is 13.8 Å². The lowest BCUT2D eigenvalue weighted by molar-refractivity contribution is 0.416. The Morgan fingerprint density at radius 3 is 2.53 bits per heavy atom. The van der Waals surface area contributed by atoms with E-state index in [1.54, 1.807) is 19.4 Å². The molecule has 0 aliphatic carbocycles. The van der Waals surface area contributed by atoms with Gasteiger partial charge < -0.3 is 10.5 Å². The molecule has 82 valence electrons. The SMILES string of the molecule is CC.COc1ccccc1N=C/C=C\N. The van der Waals surface area contributed by atoms with E-state index in [0.717, 1.165) is 11.4 Å². The van der Waals surface area contributed by atoms with Crippen LogP contribution in [0.5, 0.6) is 5.75 Å². The van der Waals surface area contributed by atoms with Crippen LogP contribution in [0, 0.1) is 0 Å². The second-order valence-electron chi connectivity index (χ2n) is 2.33. The van der Waals surface area contributed by atoms with Crippen LogP contribution in [0.15, 0.2) is 41.5 Å². The number of rotatable bonds is 3.